The third-order valence-corrected chi connectivity index (χ3v) is 2.90. The first kappa shape index (κ1) is 12.3. The number of hydrogen-bond donors (Lipinski definition) is 1. The van der Waals surface area contributed by atoms with Crippen molar-refractivity contribution in [1.82, 2.24) is 5.32 Å². The fraction of sp³-hybridized carbons (Fsp3) is 0.167. The highest BCUT2D eigenvalue weighted by molar-refractivity contribution is 9.10. The summed E-state index contributed by atoms with van der Waals surface area (Å²) in [4.78, 5) is 0. The Bertz CT molecular complexity index is 539. The van der Waals surface area contributed by atoms with Gasteiger partial charge in [0.05, 0.1) is 16.6 Å². The highest BCUT2D eigenvalue weighted by Crippen LogP contribution is 2.29. The van der Waals surface area contributed by atoms with E-state index in [9.17, 15) is 8.78 Å². The molecular formula is C12H10BrF2NO. The molecule has 0 unspecified atom stereocenters. The minimum atomic E-state index is -0.643. The van der Waals surface area contributed by atoms with Gasteiger partial charge >= 0.3 is 0 Å². The maximum atomic E-state index is 13.6. The average molecular weight is 302 g/mol. The zero-order valence-electron chi connectivity index (χ0n) is 9.06. The fourth-order valence-electron chi connectivity index (χ4n) is 1.50. The maximum absolute atomic E-state index is 13.6. The second kappa shape index (κ2) is 4.98. The van der Waals surface area contributed by atoms with Crippen molar-refractivity contribution in [3.8, 4) is 11.3 Å². The van der Waals surface area contributed by atoms with Crippen LogP contribution in [0.5, 0.6) is 0 Å². The molecule has 1 heterocycles. The largest absolute Gasteiger partial charge is 0.460 e. The first-order valence-corrected chi connectivity index (χ1v) is 5.79. The fourth-order valence-corrected chi connectivity index (χ4v) is 1.85. The van der Waals surface area contributed by atoms with E-state index < -0.39 is 11.6 Å². The Morgan fingerprint density at radius 1 is 1.24 bits per heavy atom. The second-order valence-corrected chi connectivity index (χ2v) is 4.40. The van der Waals surface area contributed by atoms with Gasteiger partial charge in [0.1, 0.15) is 23.2 Å². The van der Waals surface area contributed by atoms with E-state index in [1.807, 2.05) is 0 Å². The van der Waals surface area contributed by atoms with Crippen LogP contribution in [0.3, 0.4) is 0 Å². The van der Waals surface area contributed by atoms with Crippen molar-refractivity contribution in [2.24, 2.45) is 0 Å². The number of hydrogen-bond acceptors (Lipinski definition) is 2. The van der Waals surface area contributed by atoms with E-state index in [2.05, 4.69) is 21.2 Å². The zero-order valence-corrected chi connectivity index (χ0v) is 10.6. The number of furan rings is 1. The van der Waals surface area contributed by atoms with Crippen molar-refractivity contribution in [1.29, 1.82) is 0 Å². The lowest BCUT2D eigenvalue weighted by Gasteiger charge is -2.02. The number of benzene rings is 1. The lowest BCUT2D eigenvalue weighted by atomic mass is 10.1. The molecule has 2 rings (SSSR count). The molecule has 0 atom stereocenters. The Morgan fingerprint density at radius 3 is 2.71 bits per heavy atom. The summed E-state index contributed by atoms with van der Waals surface area (Å²) in [7, 11) is 1.79. The SMILES string of the molecule is CNCc1ccc(-c2cc(Br)c(F)cc2F)o1. The Labute approximate surface area is 106 Å². The molecule has 0 amide bonds. The summed E-state index contributed by atoms with van der Waals surface area (Å²) in [5.41, 5.74) is 0.237. The van der Waals surface area contributed by atoms with Gasteiger partial charge in [-0.1, -0.05) is 0 Å². The van der Waals surface area contributed by atoms with Crippen LogP contribution in [0.1, 0.15) is 5.76 Å². The van der Waals surface area contributed by atoms with Crippen LogP contribution in [0, 0.1) is 11.6 Å². The van der Waals surface area contributed by atoms with Crippen LogP contribution in [0.4, 0.5) is 8.78 Å². The molecule has 2 nitrogen and oxygen atoms in total. The molecule has 2 aromatic rings. The van der Waals surface area contributed by atoms with Gasteiger partial charge < -0.3 is 9.73 Å². The van der Waals surface area contributed by atoms with Crippen molar-refractivity contribution in [2.45, 2.75) is 6.54 Å². The van der Waals surface area contributed by atoms with Crippen molar-refractivity contribution < 1.29 is 13.2 Å². The van der Waals surface area contributed by atoms with Gasteiger partial charge in [-0.25, -0.2) is 8.78 Å². The third kappa shape index (κ3) is 2.56. The van der Waals surface area contributed by atoms with E-state index in [1.54, 1.807) is 19.2 Å². The van der Waals surface area contributed by atoms with Gasteiger partial charge in [0, 0.05) is 6.07 Å². The molecule has 0 spiro atoms. The van der Waals surface area contributed by atoms with Crippen LogP contribution in [0.2, 0.25) is 0 Å². The minimum absolute atomic E-state index is 0.209. The summed E-state index contributed by atoms with van der Waals surface area (Å²) in [5.74, 6) is -0.194. The number of halogens is 3. The van der Waals surface area contributed by atoms with E-state index in [-0.39, 0.29) is 10.0 Å². The van der Waals surface area contributed by atoms with Gasteiger partial charge in [0.2, 0.25) is 0 Å². The normalized spacial score (nSPS) is 10.8. The van der Waals surface area contributed by atoms with Crippen molar-refractivity contribution in [2.75, 3.05) is 7.05 Å². The summed E-state index contributed by atoms with van der Waals surface area (Å²) in [5, 5.41) is 2.93. The Kier molecular flexibility index (Phi) is 3.59. The molecule has 90 valence electrons. The van der Waals surface area contributed by atoms with E-state index in [0.717, 1.165) is 6.07 Å². The van der Waals surface area contributed by atoms with E-state index in [1.165, 1.54) is 6.07 Å². The molecule has 0 saturated heterocycles. The second-order valence-electron chi connectivity index (χ2n) is 3.54. The monoisotopic (exact) mass is 301 g/mol. The molecule has 1 N–H and O–H groups in total. The van der Waals surface area contributed by atoms with Crippen LogP contribution in [-0.2, 0) is 6.54 Å². The summed E-state index contributed by atoms with van der Waals surface area (Å²) >= 11 is 3.02. The van der Waals surface area contributed by atoms with Crippen LogP contribution >= 0.6 is 15.9 Å². The molecular weight excluding hydrogens is 292 g/mol. The highest BCUT2D eigenvalue weighted by atomic mass is 79.9. The third-order valence-electron chi connectivity index (χ3n) is 2.29. The molecule has 0 fully saturated rings. The van der Waals surface area contributed by atoms with Crippen molar-refractivity contribution in [3.05, 3.63) is 46.1 Å². The highest BCUT2D eigenvalue weighted by Gasteiger charge is 2.13. The Hall–Kier alpha value is -1.20. The molecule has 0 radical (unpaired) electrons. The van der Waals surface area contributed by atoms with Gasteiger partial charge in [-0.05, 0) is 41.2 Å². The lowest BCUT2D eigenvalue weighted by molar-refractivity contribution is 0.502. The standard InChI is InChI=1S/C12H10BrF2NO/c1-16-6-7-2-3-12(17-7)8-4-9(13)11(15)5-10(8)14/h2-5,16H,6H2,1H3. The molecule has 1 aromatic carbocycles. The average Bonchev–Trinajstić information content (AvgIpc) is 2.72. The summed E-state index contributed by atoms with van der Waals surface area (Å²) < 4.78 is 32.3. The van der Waals surface area contributed by atoms with Crippen LogP contribution in [0.15, 0.2) is 33.2 Å². The Balaban J connectivity index is 2.41. The van der Waals surface area contributed by atoms with Gasteiger partial charge in [0.15, 0.2) is 0 Å². The maximum Gasteiger partial charge on any atom is 0.140 e. The molecule has 17 heavy (non-hydrogen) atoms. The van der Waals surface area contributed by atoms with Gasteiger partial charge in [-0.3, -0.25) is 0 Å². The molecule has 0 saturated carbocycles. The van der Waals surface area contributed by atoms with Crippen LogP contribution < -0.4 is 5.32 Å². The molecule has 1 aromatic heterocycles. The zero-order chi connectivity index (χ0) is 12.4. The molecule has 5 heteroatoms. The minimum Gasteiger partial charge on any atom is -0.460 e. The smallest absolute Gasteiger partial charge is 0.140 e. The van der Waals surface area contributed by atoms with Crippen LogP contribution in [0.25, 0.3) is 11.3 Å². The summed E-state index contributed by atoms with van der Waals surface area (Å²) in [6.45, 7) is 0.560. The number of nitrogens with one attached hydrogen (secondary N) is 1. The predicted octanol–water partition coefficient (Wildman–Crippen LogP) is 3.71. The van der Waals surface area contributed by atoms with E-state index >= 15 is 0 Å². The first-order valence-electron chi connectivity index (χ1n) is 5.00. The van der Waals surface area contributed by atoms with Gasteiger partial charge in [0.25, 0.3) is 0 Å². The molecule has 0 aliphatic carbocycles. The summed E-state index contributed by atoms with van der Waals surface area (Å²) in [6.07, 6.45) is 0. The van der Waals surface area contributed by atoms with Gasteiger partial charge in [-0.2, -0.15) is 0 Å². The topological polar surface area (TPSA) is 25.2 Å². The van der Waals surface area contributed by atoms with Gasteiger partial charge in [-0.15, -0.1) is 0 Å². The predicted molar refractivity (Wildman–Crippen MR) is 64.5 cm³/mol. The molecule has 0 aliphatic heterocycles. The van der Waals surface area contributed by atoms with Crippen molar-refractivity contribution >= 4 is 15.9 Å². The number of rotatable bonds is 3. The molecule has 0 aliphatic rings. The van der Waals surface area contributed by atoms with E-state index in [4.69, 9.17) is 4.42 Å². The molecule has 0 bridgehead atoms. The Morgan fingerprint density at radius 2 is 2.00 bits per heavy atom. The lowest BCUT2D eigenvalue weighted by Crippen LogP contribution is -2.03. The van der Waals surface area contributed by atoms with Crippen molar-refractivity contribution in [3.63, 3.8) is 0 Å². The van der Waals surface area contributed by atoms with E-state index in [0.29, 0.717) is 18.1 Å². The summed E-state index contributed by atoms with van der Waals surface area (Å²) in [6, 6.07) is 5.62. The van der Waals surface area contributed by atoms with Crippen LogP contribution in [-0.4, -0.2) is 7.05 Å². The quantitative estimate of drug-likeness (QED) is 0.874. The first-order chi connectivity index (χ1) is 8.11.